The van der Waals surface area contributed by atoms with Gasteiger partial charge in [0.1, 0.15) is 0 Å². The van der Waals surface area contributed by atoms with Gasteiger partial charge in [-0.2, -0.15) is 5.10 Å². The fourth-order valence-corrected chi connectivity index (χ4v) is 2.00. The van der Waals surface area contributed by atoms with E-state index in [4.69, 9.17) is 4.74 Å². The van der Waals surface area contributed by atoms with Gasteiger partial charge in [0, 0.05) is 30.9 Å². The molecule has 0 spiro atoms. The Labute approximate surface area is 115 Å². The van der Waals surface area contributed by atoms with E-state index in [-0.39, 0.29) is 0 Å². The predicted octanol–water partition coefficient (Wildman–Crippen LogP) is 2.37. The molecule has 0 aliphatic rings. The van der Waals surface area contributed by atoms with Crippen LogP contribution in [0.25, 0.3) is 5.69 Å². The molecule has 0 amide bonds. The number of nitrogens with one attached hydrogen (secondary N) is 1. The lowest BCUT2D eigenvalue weighted by Crippen LogP contribution is -2.18. The molecule has 0 unspecified atom stereocenters. The first kappa shape index (κ1) is 13.3. The van der Waals surface area contributed by atoms with Gasteiger partial charge in [0.15, 0.2) is 0 Å². The van der Waals surface area contributed by atoms with Crippen LogP contribution in [0, 0.1) is 0 Å². The van der Waals surface area contributed by atoms with Gasteiger partial charge in [0.2, 0.25) is 0 Å². The molecule has 0 radical (unpaired) electrons. The maximum absolute atomic E-state index is 4.97. The van der Waals surface area contributed by atoms with Gasteiger partial charge in [-0.3, -0.25) is 0 Å². The van der Waals surface area contributed by atoms with Crippen molar-refractivity contribution in [2.24, 2.45) is 0 Å². The summed E-state index contributed by atoms with van der Waals surface area (Å²) < 4.78 is 7.90. The third kappa shape index (κ3) is 3.66. The van der Waals surface area contributed by atoms with Crippen molar-refractivity contribution in [2.75, 3.05) is 20.3 Å². The normalized spacial score (nSPS) is 10.8. The molecule has 0 aliphatic carbocycles. The third-order valence-corrected chi connectivity index (χ3v) is 3.00. The number of methoxy groups -OCH3 is 1. The van der Waals surface area contributed by atoms with Gasteiger partial charge in [-0.25, -0.2) is 4.68 Å². The number of halogens is 1. The average molecular weight is 310 g/mol. The fourth-order valence-electron chi connectivity index (χ4n) is 1.61. The molecule has 0 saturated carbocycles. The van der Waals surface area contributed by atoms with Crippen LogP contribution in [-0.2, 0) is 11.3 Å². The second kappa shape index (κ2) is 6.68. The van der Waals surface area contributed by atoms with Crippen LogP contribution < -0.4 is 5.32 Å². The zero-order valence-corrected chi connectivity index (χ0v) is 11.9. The highest BCUT2D eigenvalue weighted by Crippen LogP contribution is 2.14. The van der Waals surface area contributed by atoms with Gasteiger partial charge in [-0.05, 0) is 24.3 Å². The average Bonchev–Trinajstić information content (AvgIpc) is 2.83. The smallest absolute Gasteiger partial charge is 0.0766 e. The van der Waals surface area contributed by atoms with Gasteiger partial charge < -0.3 is 10.1 Å². The number of ether oxygens (including phenoxy) is 1. The van der Waals surface area contributed by atoms with Crippen molar-refractivity contribution in [2.45, 2.75) is 6.54 Å². The summed E-state index contributed by atoms with van der Waals surface area (Å²) in [7, 11) is 1.70. The molecule has 1 aromatic heterocycles. The van der Waals surface area contributed by atoms with Crippen LogP contribution >= 0.6 is 15.9 Å². The summed E-state index contributed by atoms with van der Waals surface area (Å²) in [6.45, 7) is 2.30. The predicted molar refractivity (Wildman–Crippen MR) is 74.8 cm³/mol. The Balaban J connectivity index is 1.97. The molecule has 1 heterocycles. The molecule has 4 nitrogen and oxygen atoms in total. The van der Waals surface area contributed by atoms with Crippen LogP contribution in [0.3, 0.4) is 0 Å². The molecule has 0 saturated heterocycles. The topological polar surface area (TPSA) is 39.1 Å². The lowest BCUT2D eigenvalue weighted by atomic mass is 10.3. The number of aromatic nitrogens is 2. The first-order chi connectivity index (χ1) is 8.79. The van der Waals surface area contributed by atoms with E-state index in [1.807, 2.05) is 41.2 Å². The Morgan fingerprint density at radius 3 is 3.06 bits per heavy atom. The van der Waals surface area contributed by atoms with Crippen molar-refractivity contribution in [3.63, 3.8) is 0 Å². The van der Waals surface area contributed by atoms with Gasteiger partial charge in [-0.1, -0.05) is 22.0 Å². The maximum atomic E-state index is 4.97. The van der Waals surface area contributed by atoms with Crippen molar-refractivity contribution in [1.82, 2.24) is 15.1 Å². The van der Waals surface area contributed by atoms with E-state index in [0.29, 0.717) is 6.61 Å². The zero-order chi connectivity index (χ0) is 12.8. The van der Waals surface area contributed by atoms with Gasteiger partial charge in [0.05, 0.1) is 18.0 Å². The van der Waals surface area contributed by atoms with E-state index in [1.54, 1.807) is 7.11 Å². The first-order valence-corrected chi connectivity index (χ1v) is 6.59. The number of hydrogen-bond donors (Lipinski definition) is 1. The van der Waals surface area contributed by atoms with Crippen molar-refractivity contribution < 1.29 is 4.74 Å². The minimum Gasteiger partial charge on any atom is -0.383 e. The van der Waals surface area contributed by atoms with Crippen LogP contribution in [0.1, 0.15) is 5.69 Å². The van der Waals surface area contributed by atoms with Crippen molar-refractivity contribution >= 4 is 15.9 Å². The minimum absolute atomic E-state index is 0.715. The van der Waals surface area contributed by atoms with Gasteiger partial charge in [-0.15, -0.1) is 0 Å². The monoisotopic (exact) mass is 309 g/mol. The Morgan fingerprint density at radius 2 is 2.28 bits per heavy atom. The number of rotatable bonds is 6. The molecule has 5 heteroatoms. The molecular formula is C13H16BrN3O. The molecule has 1 aromatic carbocycles. The van der Waals surface area contributed by atoms with Gasteiger partial charge >= 0.3 is 0 Å². The van der Waals surface area contributed by atoms with Crippen LogP contribution in [0.4, 0.5) is 0 Å². The van der Waals surface area contributed by atoms with E-state index in [0.717, 1.165) is 28.9 Å². The zero-order valence-electron chi connectivity index (χ0n) is 10.3. The highest BCUT2D eigenvalue weighted by molar-refractivity contribution is 9.10. The van der Waals surface area contributed by atoms with Gasteiger partial charge in [0.25, 0.3) is 0 Å². The Bertz CT molecular complexity index is 498. The summed E-state index contributed by atoms with van der Waals surface area (Å²) in [6, 6.07) is 10.1. The molecule has 0 bridgehead atoms. The van der Waals surface area contributed by atoms with E-state index in [1.165, 1.54) is 0 Å². The highest BCUT2D eigenvalue weighted by Gasteiger charge is 2.01. The van der Waals surface area contributed by atoms with E-state index in [9.17, 15) is 0 Å². The number of nitrogens with zero attached hydrogens (tertiary/aromatic N) is 2. The van der Waals surface area contributed by atoms with E-state index >= 15 is 0 Å². The Morgan fingerprint density at radius 1 is 1.39 bits per heavy atom. The van der Waals surface area contributed by atoms with Crippen molar-refractivity contribution in [3.05, 3.63) is 46.7 Å². The lowest BCUT2D eigenvalue weighted by molar-refractivity contribution is 0.199. The molecule has 96 valence electrons. The van der Waals surface area contributed by atoms with Crippen LogP contribution in [-0.4, -0.2) is 30.0 Å². The molecular weight excluding hydrogens is 294 g/mol. The van der Waals surface area contributed by atoms with Crippen molar-refractivity contribution in [1.29, 1.82) is 0 Å². The lowest BCUT2D eigenvalue weighted by Gasteiger charge is -2.02. The fraction of sp³-hybridized carbons (Fsp3) is 0.308. The molecule has 0 aliphatic heterocycles. The minimum atomic E-state index is 0.715. The van der Waals surface area contributed by atoms with E-state index < -0.39 is 0 Å². The molecule has 18 heavy (non-hydrogen) atoms. The standard InChI is InChI=1S/C13H16BrN3O/c1-18-8-6-15-10-12-5-7-17(16-12)13-4-2-3-11(14)9-13/h2-5,7,9,15H,6,8,10H2,1H3. The van der Waals surface area contributed by atoms with Crippen LogP contribution in [0.2, 0.25) is 0 Å². The number of hydrogen-bond acceptors (Lipinski definition) is 3. The third-order valence-electron chi connectivity index (χ3n) is 2.51. The second-order valence-electron chi connectivity index (χ2n) is 3.90. The highest BCUT2D eigenvalue weighted by atomic mass is 79.9. The molecule has 0 atom stereocenters. The Kier molecular flexibility index (Phi) is 4.92. The molecule has 2 aromatic rings. The first-order valence-electron chi connectivity index (χ1n) is 5.80. The maximum Gasteiger partial charge on any atom is 0.0766 e. The van der Waals surface area contributed by atoms with Crippen LogP contribution in [0.15, 0.2) is 41.0 Å². The summed E-state index contributed by atoms with van der Waals surface area (Å²) in [5.74, 6) is 0. The molecule has 1 N–H and O–H groups in total. The summed E-state index contributed by atoms with van der Waals surface area (Å²) in [4.78, 5) is 0. The molecule has 2 rings (SSSR count). The summed E-state index contributed by atoms with van der Waals surface area (Å²) in [5.41, 5.74) is 2.07. The summed E-state index contributed by atoms with van der Waals surface area (Å²) >= 11 is 3.46. The quantitative estimate of drug-likeness (QED) is 0.833. The largest absolute Gasteiger partial charge is 0.383 e. The second-order valence-corrected chi connectivity index (χ2v) is 4.82. The van der Waals surface area contributed by atoms with E-state index in [2.05, 4.69) is 26.3 Å². The van der Waals surface area contributed by atoms with Crippen LogP contribution in [0.5, 0.6) is 0 Å². The SMILES string of the molecule is COCCNCc1ccn(-c2cccc(Br)c2)n1. The molecule has 0 fully saturated rings. The summed E-state index contributed by atoms with van der Waals surface area (Å²) in [6.07, 6.45) is 1.97. The number of benzene rings is 1. The Hall–Kier alpha value is -1.17. The summed E-state index contributed by atoms with van der Waals surface area (Å²) in [5, 5.41) is 7.78. The van der Waals surface area contributed by atoms with Crippen molar-refractivity contribution in [3.8, 4) is 5.69 Å².